The fourth-order valence-electron chi connectivity index (χ4n) is 1.88. The van der Waals surface area contributed by atoms with Gasteiger partial charge in [0, 0.05) is 23.5 Å². The average Bonchev–Trinajstić information content (AvgIpc) is 2.58. The molecule has 9 heteroatoms. The summed E-state index contributed by atoms with van der Waals surface area (Å²) in [6.45, 7) is -1.40. The topological polar surface area (TPSA) is 81.8 Å². The molecular formula is C16H17F3N4O2. The highest BCUT2D eigenvalue weighted by atomic mass is 19.4. The molecule has 0 saturated heterocycles. The lowest BCUT2D eigenvalue weighted by Gasteiger charge is -2.11. The van der Waals surface area contributed by atoms with Gasteiger partial charge in [-0.05, 0) is 18.2 Å². The normalized spacial score (nSPS) is 11.9. The molecule has 0 aliphatic heterocycles. The van der Waals surface area contributed by atoms with Crippen LogP contribution in [0.1, 0.15) is 5.56 Å². The number of aliphatic imine (C=N–C) groups is 1. The van der Waals surface area contributed by atoms with Gasteiger partial charge in [-0.2, -0.15) is 13.2 Å². The number of halogens is 3. The molecule has 25 heavy (non-hydrogen) atoms. The zero-order chi connectivity index (χ0) is 18.3. The van der Waals surface area contributed by atoms with E-state index in [1.807, 2.05) is 0 Å². The number of benzene rings is 1. The molecule has 0 spiro atoms. The maximum atomic E-state index is 12.3. The van der Waals surface area contributed by atoms with Gasteiger partial charge < -0.3 is 20.5 Å². The van der Waals surface area contributed by atoms with E-state index >= 15 is 0 Å². The molecule has 1 aromatic heterocycles. The monoisotopic (exact) mass is 354 g/mol. The van der Waals surface area contributed by atoms with Crippen LogP contribution in [-0.4, -0.2) is 30.8 Å². The summed E-state index contributed by atoms with van der Waals surface area (Å²) in [5.74, 6) is 0.615. The quantitative estimate of drug-likeness (QED) is 0.616. The molecule has 0 fully saturated rings. The van der Waals surface area contributed by atoms with E-state index in [9.17, 15) is 13.2 Å². The van der Waals surface area contributed by atoms with Gasteiger partial charge in [-0.3, -0.25) is 0 Å². The summed E-state index contributed by atoms with van der Waals surface area (Å²) in [6.07, 6.45) is -3.10. The van der Waals surface area contributed by atoms with Gasteiger partial charge in [0.1, 0.15) is 5.75 Å². The molecule has 1 heterocycles. The number of hydrogen-bond donors (Lipinski definition) is 2. The van der Waals surface area contributed by atoms with Crippen LogP contribution in [0.3, 0.4) is 0 Å². The van der Waals surface area contributed by atoms with Crippen LogP contribution in [0, 0.1) is 0 Å². The Morgan fingerprint density at radius 1 is 1.28 bits per heavy atom. The van der Waals surface area contributed by atoms with Crippen molar-refractivity contribution >= 4 is 11.6 Å². The third-order valence-corrected chi connectivity index (χ3v) is 2.98. The van der Waals surface area contributed by atoms with Gasteiger partial charge in [-0.25, -0.2) is 9.98 Å². The molecule has 0 aliphatic carbocycles. The molecule has 2 rings (SSSR count). The average molecular weight is 354 g/mol. The number of pyridine rings is 1. The van der Waals surface area contributed by atoms with Crippen molar-refractivity contribution in [3.8, 4) is 11.6 Å². The highest BCUT2D eigenvalue weighted by molar-refractivity contribution is 5.92. The number of guanidine groups is 1. The molecule has 6 nitrogen and oxygen atoms in total. The molecular weight excluding hydrogens is 337 g/mol. The molecule has 1 aromatic carbocycles. The molecule has 0 unspecified atom stereocenters. The molecule has 0 saturated carbocycles. The van der Waals surface area contributed by atoms with E-state index in [1.54, 1.807) is 43.5 Å². The zero-order valence-corrected chi connectivity index (χ0v) is 13.4. The minimum Gasteiger partial charge on any atom is -0.497 e. The van der Waals surface area contributed by atoms with Crippen LogP contribution >= 0.6 is 0 Å². The van der Waals surface area contributed by atoms with E-state index in [4.69, 9.17) is 15.2 Å². The lowest BCUT2D eigenvalue weighted by atomic mass is 10.3. The highest BCUT2D eigenvalue weighted by Gasteiger charge is 2.29. The number of ether oxygens (including phenoxy) is 2. The number of rotatable bonds is 6. The lowest BCUT2D eigenvalue weighted by molar-refractivity contribution is -0.154. The second-order valence-corrected chi connectivity index (χ2v) is 4.93. The predicted octanol–water partition coefficient (Wildman–Crippen LogP) is 2.96. The van der Waals surface area contributed by atoms with Gasteiger partial charge in [0.2, 0.25) is 5.88 Å². The Kier molecular flexibility index (Phi) is 6.04. The third kappa shape index (κ3) is 6.21. The van der Waals surface area contributed by atoms with Crippen LogP contribution < -0.4 is 20.5 Å². The Bertz CT molecular complexity index is 735. The third-order valence-electron chi connectivity index (χ3n) is 2.98. The Morgan fingerprint density at radius 2 is 2.08 bits per heavy atom. The largest absolute Gasteiger partial charge is 0.497 e. The molecule has 0 radical (unpaired) electrons. The Balaban J connectivity index is 2.02. The maximum absolute atomic E-state index is 12.3. The summed E-state index contributed by atoms with van der Waals surface area (Å²) in [4.78, 5) is 7.89. The fraction of sp³-hybridized carbons (Fsp3) is 0.250. The van der Waals surface area contributed by atoms with Crippen molar-refractivity contribution in [3.63, 3.8) is 0 Å². The predicted molar refractivity (Wildman–Crippen MR) is 87.7 cm³/mol. The van der Waals surface area contributed by atoms with E-state index < -0.39 is 12.8 Å². The van der Waals surface area contributed by atoms with E-state index in [2.05, 4.69) is 15.3 Å². The van der Waals surface area contributed by atoms with Gasteiger partial charge in [-0.1, -0.05) is 12.1 Å². The second-order valence-electron chi connectivity index (χ2n) is 4.93. The highest BCUT2D eigenvalue weighted by Crippen LogP contribution is 2.21. The van der Waals surface area contributed by atoms with Gasteiger partial charge in [0.15, 0.2) is 12.6 Å². The number of alkyl halides is 3. The number of nitrogens with two attached hydrogens (primary N) is 1. The fourth-order valence-corrected chi connectivity index (χ4v) is 1.88. The molecule has 0 atom stereocenters. The van der Waals surface area contributed by atoms with Crippen molar-refractivity contribution in [3.05, 3.63) is 48.2 Å². The summed E-state index contributed by atoms with van der Waals surface area (Å²) in [6, 6.07) is 10.2. The molecule has 134 valence electrons. The first-order chi connectivity index (χ1) is 11.9. The smallest absolute Gasteiger partial charge is 0.422 e. The van der Waals surface area contributed by atoms with E-state index in [0.29, 0.717) is 17.0 Å². The first-order valence-corrected chi connectivity index (χ1v) is 7.22. The van der Waals surface area contributed by atoms with E-state index in [1.165, 1.54) is 6.20 Å². The van der Waals surface area contributed by atoms with Crippen molar-refractivity contribution < 1.29 is 22.6 Å². The van der Waals surface area contributed by atoms with Gasteiger partial charge in [0.05, 0.1) is 13.7 Å². The lowest BCUT2D eigenvalue weighted by Crippen LogP contribution is -2.23. The van der Waals surface area contributed by atoms with Crippen LogP contribution in [0.2, 0.25) is 0 Å². The number of anilines is 1. The van der Waals surface area contributed by atoms with Crippen molar-refractivity contribution in [2.75, 3.05) is 19.0 Å². The zero-order valence-electron chi connectivity index (χ0n) is 13.4. The van der Waals surface area contributed by atoms with Crippen molar-refractivity contribution in [1.29, 1.82) is 0 Å². The van der Waals surface area contributed by atoms with E-state index in [0.717, 1.165) is 0 Å². The first-order valence-electron chi connectivity index (χ1n) is 7.22. The Hall–Kier alpha value is -2.97. The molecule has 0 aliphatic rings. The number of hydrogen-bond acceptors (Lipinski definition) is 4. The van der Waals surface area contributed by atoms with Crippen molar-refractivity contribution in [1.82, 2.24) is 4.98 Å². The summed E-state index contributed by atoms with van der Waals surface area (Å²) >= 11 is 0. The SMILES string of the molecule is COc1cccc(NC(N)=NCc2cccnc2OCC(F)(F)F)c1. The van der Waals surface area contributed by atoms with Crippen LogP contribution in [0.25, 0.3) is 0 Å². The summed E-state index contributed by atoms with van der Waals surface area (Å²) in [7, 11) is 1.54. The second kappa shape index (κ2) is 8.22. The summed E-state index contributed by atoms with van der Waals surface area (Å²) < 4.78 is 46.6. The molecule has 2 aromatic rings. The minimum absolute atomic E-state index is 0.0177. The van der Waals surface area contributed by atoms with Crippen LogP contribution in [0.5, 0.6) is 11.6 Å². The van der Waals surface area contributed by atoms with Crippen LogP contribution in [0.15, 0.2) is 47.6 Å². The number of aromatic nitrogens is 1. The molecule has 3 N–H and O–H groups in total. The standard InChI is InChI=1S/C16H17F3N4O2/c1-24-13-6-2-5-12(8-13)23-15(20)22-9-11-4-3-7-21-14(11)25-10-16(17,18)19/h2-8H,9-10H2,1H3,(H3,20,22,23). The van der Waals surface area contributed by atoms with Crippen LogP contribution in [-0.2, 0) is 6.54 Å². The van der Waals surface area contributed by atoms with Gasteiger partial charge >= 0.3 is 6.18 Å². The number of nitrogens with one attached hydrogen (secondary N) is 1. The summed E-state index contributed by atoms with van der Waals surface area (Å²) in [5, 5.41) is 2.87. The molecule has 0 amide bonds. The number of nitrogens with zero attached hydrogens (tertiary/aromatic N) is 2. The van der Waals surface area contributed by atoms with Crippen molar-refractivity contribution in [2.45, 2.75) is 12.7 Å². The number of methoxy groups -OCH3 is 1. The van der Waals surface area contributed by atoms with Gasteiger partial charge in [-0.15, -0.1) is 0 Å². The molecule has 0 bridgehead atoms. The Labute approximate surface area is 142 Å². The van der Waals surface area contributed by atoms with E-state index in [-0.39, 0.29) is 18.4 Å². The van der Waals surface area contributed by atoms with Crippen LogP contribution in [0.4, 0.5) is 18.9 Å². The Morgan fingerprint density at radius 3 is 2.80 bits per heavy atom. The first kappa shape index (κ1) is 18.4. The van der Waals surface area contributed by atoms with Crippen molar-refractivity contribution in [2.24, 2.45) is 10.7 Å². The minimum atomic E-state index is -4.44. The maximum Gasteiger partial charge on any atom is 0.422 e. The van der Waals surface area contributed by atoms with Gasteiger partial charge in [0.25, 0.3) is 0 Å². The summed E-state index contributed by atoms with van der Waals surface area (Å²) in [5.41, 5.74) is 6.85.